The maximum Gasteiger partial charge on any atom is 0.207 e. The fourth-order valence-electron chi connectivity index (χ4n) is 5.37. The van der Waals surface area contributed by atoms with Crippen molar-refractivity contribution in [2.24, 2.45) is 5.10 Å². The van der Waals surface area contributed by atoms with E-state index in [2.05, 4.69) is 107 Å². The molecule has 0 atom stereocenters. The van der Waals surface area contributed by atoms with Crippen LogP contribution in [0.5, 0.6) is 11.5 Å². The van der Waals surface area contributed by atoms with Gasteiger partial charge in [0.2, 0.25) is 6.21 Å². The Morgan fingerprint density at radius 3 is 1.48 bits per heavy atom. The Morgan fingerprint density at radius 2 is 1.05 bits per heavy atom. The van der Waals surface area contributed by atoms with Gasteiger partial charge in [-0.2, -0.15) is 0 Å². The second-order valence-electron chi connectivity index (χ2n) is 16.0. The first-order valence-electron chi connectivity index (χ1n) is 15.1. The van der Waals surface area contributed by atoms with Crippen molar-refractivity contribution in [1.29, 1.82) is 0 Å². The number of nitrogens with zero attached hydrogens (tertiary/aromatic N) is 2. The van der Waals surface area contributed by atoms with Crippen LogP contribution in [0.3, 0.4) is 0 Å². The molecule has 0 heterocycles. The quantitative estimate of drug-likeness (QED) is 0.228. The van der Waals surface area contributed by atoms with Crippen molar-refractivity contribution < 1.29 is 14.9 Å². The molecule has 0 radical (unpaired) electrons. The van der Waals surface area contributed by atoms with Gasteiger partial charge in [0.15, 0.2) is 6.04 Å². The van der Waals surface area contributed by atoms with Crippen LogP contribution in [0, 0.1) is 0 Å². The average molecular weight is 548 g/mol. The molecule has 0 spiro atoms. The largest absolute Gasteiger partial charge is 0.507 e. The molecule has 0 aromatic heterocycles. The molecule has 2 aromatic carbocycles. The predicted molar refractivity (Wildman–Crippen MR) is 171 cm³/mol. The second kappa shape index (κ2) is 11.3. The van der Waals surface area contributed by atoms with E-state index < -0.39 is 0 Å². The van der Waals surface area contributed by atoms with Crippen LogP contribution >= 0.6 is 0 Å². The summed E-state index contributed by atoms with van der Waals surface area (Å²) in [5, 5.41) is 27.9. The lowest BCUT2D eigenvalue weighted by atomic mass is 9.79. The van der Waals surface area contributed by atoms with Gasteiger partial charge >= 0.3 is 0 Å². The van der Waals surface area contributed by atoms with Gasteiger partial charge in [0.05, 0.1) is 5.56 Å². The fraction of sp³-hybridized carbons (Fsp3) is 0.611. The zero-order chi connectivity index (χ0) is 30.3. The lowest BCUT2D eigenvalue weighted by Crippen LogP contribution is -2.27. The third-order valence-electron chi connectivity index (χ3n) is 8.18. The van der Waals surface area contributed by atoms with Crippen molar-refractivity contribution >= 4 is 12.4 Å². The van der Waals surface area contributed by atoms with Crippen LogP contribution in [0.1, 0.15) is 149 Å². The third kappa shape index (κ3) is 7.56. The van der Waals surface area contributed by atoms with Crippen LogP contribution in [0.4, 0.5) is 0 Å². The van der Waals surface area contributed by atoms with Crippen molar-refractivity contribution in [3.8, 4) is 11.5 Å². The topological polar surface area (TPSA) is 55.8 Å². The molecule has 0 aliphatic heterocycles. The summed E-state index contributed by atoms with van der Waals surface area (Å²) in [6, 6.07) is 8.73. The van der Waals surface area contributed by atoms with Gasteiger partial charge in [0.25, 0.3) is 0 Å². The first kappa shape index (κ1) is 31.9. The number of hydrazone groups is 1. The highest BCUT2D eigenvalue weighted by Gasteiger charge is 2.29. The zero-order valence-corrected chi connectivity index (χ0v) is 27.4. The van der Waals surface area contributed by atoms with Gasteiger partial charge in [-0.15, -0.1) is 0 Å². The highest BCUT2D eigenvalue weighted by atomic mass is 16.3. The van der Waals surface area contributed by atoms with Gasteiger partial charge in [0.1, 0.15) is 17.7 Å². The van der Waals surface area contributed by atoms with Gasteiger partial charge in [-0.3, -0.25) is 0 Å². The van der Waals surface area contributed by atoms with E-state index >= 15 is 0 Å². The molecule has 1 saturated carbocycles. The van der Waals surface area contributed by atoms with E-state index in [0.29, 0.717) is 11.5 Å². The Kier molecular flexibility index (Phi) is 9.04. The number of hydrogen-bond acceptors (Lipinski definition) is 3. The first-order chi connectivity index (χ1) is 18.2. The summed E-state index contributed by atoms with van der Waals surface area (Å²) in [7, 11) is 0. The van der Waals surface area contributed by atoms with Crippen LogP contribution in [-0.4, -0.2) is 33.4 Å². The molecule has 0 saturated heterocycles. The molecule has 4 nitrogen and oxygen atoms in total. The molecular weight excluding hydrogens is 492 g/mol. The molecule has 0 unspecified atom stereocenters. The first-order valence-corrected chi connectivity index (χ1v) is 15.1. The van der Waals surface area contributed by atoms with Crippen molar-refractivity contribution in [2.75, 3.05) is 0 Å². The molecule has 0 bridgehead atoms. The SMILES string of the molecule is CC(C)(C)c1cc(C=N[N+](=Cc2cc(C(C)(C)C)cc(C(C)(C)C)c2O)C2CCCCC2)c(O)c(C(C)(C)C)c1. The van der Waals surface area contributed by atoms with E-state index in [1.165, 1.54) is 30.4 Å². The Bertz CT molecular complexity index is 1270. The van der Waals surface area contributed by atoms with Gasteiger partial charge in [0, 0.05) is 29.5 Å². The van der Waals surface area contributed by atoms with Crippen LogP contribution < -0.4 is 0 Å². The van der Waals surface area contributed by atoms with Gasteiger partial charge in [-0.25, -0.2) is 0 Å². The number of benzene rings is 2. The van der Waals surface area contributed by atoms with Crippen LogP contribution in [0.25, 0.3) is 0 Å². The molecule has 2 N–H and O–H groups in total. The number of phenols is 2. The number of phenolic OH excluding ortho intramolecular Hbond substituents is 2. The lowest BCUT2D eigenvalue weighted by Gasteiger charge is -2.27. The van der Waals surface area contributed by atoms with E-state index in [1.54, 1.807) is 0 Å². The van der Waals surface area contributed by atoms with Crippen LogP contribution in [0.2, 0.25) is 0 Å². The maximum absolute atomic E-state index is 11.5. The molecule has 1 fully saturated rings. The minimum atomic E-state index is -0.203. The standard InChI is InChI=1S/C36H54N2O2/c1-33(2,3)26-18-24(31(39)29(20-26)35(7,8)9)22-37-38(28-16-14-13-15-17-28)23-25-19-27(34(4,5)6)21-30(32(25)40)36(10,11)12/h18-23,28H,13-17H2,1-12H3,(H,37,39)/p+1. The summed E-state index contributed by atoms with van der Waals surface area (Å²) in [5.41, 5.74) is 5.25. The summed E-state index contributed by atoms with van der Waals surface area (Å²) in [5.74, 6) is 0.615. The molecule has 40 heavy (non-hydrogen) atoms. The maximum atomic E-state index is 11.5. The van der Waals surface area contributed by atoms with Crippen LogP contribution in [-0.2, 0) is 21.7 Å². The summed E-state index contributed by atoms with van der Waals surface area (Å²) in [6.07, 6.45) is 9.55. The van der Waals surface area contributed by atoms with Gasteiger partial charge in [-0.05, 0) is 62.9 Å². The van der Waals surface area contributed by atoms with Crippen molar-refractivity contribution in [3.63, 3.8) is 0 Å². The fourth-order valence-corrected chi connectivity index (χ4v) is 5.37. The average Bonchev–Trinajstić information content (AvgIpc) is 2.81. The van der Waals surface area contributed by atoms with Gasteiger partial charge in [-0.1, -0.05) is 106 Å². The van der Waals surface area contributed by atoms with E-state index in [-0.39, 0.29) is 27.7 Å². The Hall–Kier alpha value is -2.62. The summed E-state index contributed by atoms with van der Waals surface area (Å²) in [4.78, 5) is 0. The molecule has 4 heteroatoms. The van der Waals surface area contributed by atoms with Crippen molar-refractivity contribution in [2.45, 2.75) is 143 Å². The molecule has 220 valence electrons. The smallest absolute Gasteiger partial charge is 0.207 e. The molecule has 3 rings (SSSR count). The molecule has 1 aliphatic carbocycles. The summed E-state index contributed by atoms with van der Waals surface area (Å²) in [6.45, 7) is 26.1. The Labute approximate surface area is 244 Å². The lowest BCUT2D eigenvalue weighted by molar-refractivity contribution is -0.570. The minimum Gasteiger partial charge on any atom is -0.507 e. The zero-order valence-electron chi connectivity index (χ0n) is 27.4. The predicted octanol–water partition coefficient (Wildman–Crippen LogP) is 9.09. The number of hydrogen-bond donors (Lipinski definition) is 2. The molecular formula is C36H55N2O2+. The third-order valence-corrected chi connectivity index (χ3v) is 8.18. The van der Waals surface area contributed by atoms with Crippen molar-refractivity contribution in [1.82, 2.24) is 0 Å². The van der Waals surface area contributed by atoms with E-state index in [0.717, 1.165) is 35.1 Å². The highest BCUT2D eigenvalue weighted by Crippen LogP contribution is 2.39. The van der Waals surface area contributed by atoms with Gasteiger partial charge < -0.3 is 10.2 Å². The Morgan fingerprint density at radius 1 is 0.625 bits per heavy atom. The van der Waals surface area contributed by atoms with Crippen LogP contribution in [0.15, 0.2) is 29.4 Å². The normalized spacial score (nSPS) is 16.6. The summed E-state index contributed by atoms with van der Waals surface area (Å²) >= 11 is 0. The molecule has 2 aromatic rings. The van der Waals surface area contributed by atoms with Crippen molar-refractivity contribution in [3.05, 3.63) is 57.6 Å². The summed E-state index contributed by atoms with van der Waals surface area (Å²) < 4.78 is 2.05. The molecule has 1 aliphatic rings. The van der Waals surface area contributed by atoms with E-state index in [9.17, 15) is 10.2 Å². The molecule has 0 amide bonds. The monoisotopic (exact) mass is 547 g/mol. The number of rotatable bonds is 4. The number of aromatic hydroxyl groups is 2. The van der Waals surface area contributed by atoms with E-state index in [1.807, 2.05) is 17.1 Å². The van der Waals surface area contributed by atoms with E-state index in [4.69, 9.17) is 5.10 Å². The second-order valence-corrected chi connectivity index (χ2v) is 16.0. The Balaban J connectivity index is 2.24. The minimum absolute atomic E-state index is 0.0578. The highest BCUT2D eigenvalue weighted by molar-refractivity contribution is 5.85.